The molecule has 2 unspecified atom stereocenters. The fraction of sp³-hybridized carbons (Fsp3) is 1.00. The summed E-state index contributed by atoms with van der Waals surface area (Å²) in [4.78, 5) is 2.50. The van der Waals surface area contributed by atoms with E-state index < -0.39 is 0 Å². The quantitative estimate of drug-likeness (QED) is 0.645. The van der Waals surface area contributed by atoms with Gasteiger partial charge in [0.25, 0.3) is 0 Å². The Bertz CT molecular complexity index is 201. The predicted molar refractivity (Wildman–Crippen MR) is 71.5 cm³/mol. The lowest BCUT2D eigenvalue weighted by Gasteiger charge is -2.23. The second-order valence-corrected chi connectivity index (χ2v) is 6.56. The van der Waals surface area contributed by atoms with Crippen LogP contribution in [0.2, 0.25) is 0 Å². The van der Waals surface area contributed by atoms with Gasteiger partial charge in [-0.2, -0.15) is 0 Å². The molecule has 2 nitrogen and oxygen atoms in total. The summed E-state index contributed by atoms with van der Waals surface area (Å²) >= 11 is 0. The molecule has 1 aliphatic carbocycles. The highest BCUT2D eigenvalue weighted by Gasteiger charge is 2.32. The summed E-state index contributed by atoms with van der Waals surface area (Å²) in [6, 6.07) is 0. The predicted octanol–water partition coefficient (Wildman–Crippen LogP) is 2.73. The van der Waals surface area contributed by atoms with Gasteiger partial charge in [0.2, 0.25) is 0 Å². The summed E-state index contributed by atoms with van der Waals surface area (Å²) in [5.74, 6) is 1.98. The molecule has 1 fully saturated rings. The molecule has 0 aromatic heterocycles. The van der Waals surface area contributed by atoms with E-state index in [2.05, 4.69) is 32.7 Å². The van der Waals surface area contributed by atoms with Crippen LogP contribution >= 0.6 is 0 Å². The fourth-order valence-corrected chi connectivity index (χ4v) is 2.23. The van der Waals surface area contributed by atoms with Crippen LogP contribution in [0.4, 0.5) is 0 Å². The summed E-state index contributed by atoms with van der Waals surface area (Å²) in [5, 5.41) is 0. The van der Waals surface area contributed by atoms with E-state index in [-0.39, 0.29) is 0 Å². The normalized spacial score (nSPS) is 25.1. The first kappa shape index (κ1) is 14.0. The van der Waals surface area contributed by atoms with Crippen molar-refractivity contribution in [2.45, 2.75) is 46.5 Å². The van der Waals surface area contributed by atoms with Crippen molar-refractivity contribution in [3.05, 3.63) is 0 Å². The van der Waals surface area contributed by atoms with Gasteiger partial charge in [-0.05, 0) is 56.7 Å². The molecule has 1 aliphatic rings. The Labute approximate surface area is 102 Å². The Morgan fingerprint density at radius 2 is 1.94 bits per heavy atom. The van der Waals surface area contributed by atoms with Gasteiger partial charge in [0.1, 0.15) is 0 Å². The minimum atomic E-state index is 0.337. The van der Waals surface area contributed by atoms with E-state index in [1.54, 1.807) is 0 Å². The Hall–Kier alpha value is -0.0800. The number of hydrogen-bond acceptors (Lipinski definition) is 2. The molecule has 0 saturated heterocycles. The van der Waals surface area contributed by atoms with Crippen molar-refractivity contribution in [2.24, 2.45) is 23.0 Å². The molecule has 0 heterocycles. The van der Waals surface area contributed by atoms with Crippen molar-refractivity contribution in [2.75, 3.05) is 26.7 Å². The SMILES string of the molecule is CC1CC1CN(C)CCCCC(C)(C)CN. The largest absolute Gasteiger partial charge is 0.330 e. The van der Waals surface area contributed by atoms with Gasteiger partial charge >= 0.3 is 0 Å². The number of hydrogen-bond donors (Lipinski definition) is 1. The number of rotatable bonds is 8. The first-order chi connectivity index (χ1) is 7.44. The van der Waals surface area contributed by atoms with Crippen LogP contribution in [0, 0.1) is 17.3 Å². The van der Waals surface area contributed by atoms with E-state index in [4.69, 9.17) is 5.73 Å². The van der Waals surface area contributed by atoms with Crippen LogP contribution in [-0.4, -0.2) is 31.6 Å². The van der Waals surface area contributed by atoms with Crippen molar-refractivity contribution < 1.29 is 0 Å². The van der Waals surface area contributed by atoms with E-state index in [0.29, 0.717) is 5.41 Å². The van der Waals surface area contributed by atoms with Gasteiger partial charge in [-0.25, -0.2) is 0 Å². The summed E-state index contributed by atoms with van der Waals surface area (Å²) in [7, 11) is 2.26. The van der Waals surface area contributed by atoms with Crippen molar-refractivity contribution >= 4 is 0 Å². The van der Waals surface area contributed by atoms with Crippen molar-refractivity contribution in [3.63, 3.8) is 0 Å². The van der Waals surface area contributed by atoms with Gasteiger partial charge in [0, 0.05) is 6.54 Å². The lowest BCUT2D eigenvalue weighted by atomic mass is 9.87. The molecule has 1 saturated carbocycles. The van der Waals surface area contributed by atoms with E-state index in [1.807, 2.05) is 0 Å². The molecule has 2 atom stereocenters. The van der Waals surface area contributed by atoms with Gasteiger partial charge in [-0.1, -0.05) is 27.2 Å². The Morgan fingerprint density at radius 1 is 1.31 bits per heavy atom. The highest BCUT2D eigenvalue weighted by atomic mass is 15.1. The standard InChI is InChI=1S/C14H30N2/c1-12-9-13(12)10-16(4)8-6-5-7-14(2,3)11-15/h12-13H,5-11,15H2,1-4H3. The molecule has 0 aromatic rings. The smallest absolute Gasteiger partial charge is 0.000926 e. The zero-order valence-electron chi connectivity index (χ0n) is 11.6. The lowest BCUT2D eigenvalue weighted by Crippen LogP contribution is -2.25. The minimum Gasteiger partial charge on any atom is -0.330 e. The Morgan fingerprint density at radius 3 is 2.44 bits per heavy atom. The van der Waals surface area contributed by atoms with Gasteiger partial charge in [0.15, 0.2) is 0 Å². The first-order valence-electron chi connectivity index (χ1n) is 6.83. The zero-order chi connectivity index (χ0) is 12.2. The molecule has 1 rings (SSSR count). The minimum absolute atomic E-state index is 0.337. The maximum absolute atomic E-state index is 5.73. The highest BCUT2D eigenvalue weighted by molar-refractivity contribution is 4.84. The van der Waals surface area contributed by atoms with Crippen molar-refractivity contribution in [1.29, 1.82) is 0 Å². The monoisotopic (exact) mass is 226 g/mol. The summed E-state index contributed by atoms with van der Waals surface area (Å²) < 4.78 is 0. The van der Waals surface area contributed by atoms with Crippen molar-refractivity contribution in [1.82, 2.24) is 4.90 Å². The second-order valence-electron chi connectivity index (χ2n) is 6.56. The van der Waals surface area contributed by atoms with Crippen molar-refractivity contribution in [3.8, 4) is 0 Å². The zero-order valence-corrected chi connectivity index (χ0v) is 11.6. The van der Waals surface area contributed by atoms with E-state index in [1.165, 1.54) is 38.8 Å². The van der Waals surface area contributed by atoms with Crippen LogP contribution < -0.4 is 5.73 Å². The number of nitrogens with zero attached hydrogens (tertiary/aromatic N) is 1. The summed E-state index contributed by atoms with van der Waals surface area (Å²) in [6.07, 6.45) is 5.34. The third-order valence-electron chi connectivity index (χ3n) is 4.02. The number of unbranched alkanes of at least 4 members (excludes halogenated alkanes) is 1. The number of nitrogens with two attached hydrogens (primary N) is 1. The Kier molecular flexibility index (Phi) is 5.26. The van der Waals surface area contributed by atoms with Crippen LogP contribution in [0.15, 0.2) is 0 Å². The molecule has 0 amide bonds. The topological polar surface area (TPSA) is 29.3 Å². The molecule has 2 heteroatoms. The molecule has 0 bridgehead atoms. The van der Waals surface area contributed by atoms with Gasteiger partial charge in [-0.3, -0.25) is 0 Å². The van der Waals surface area contributed by atoms with Crippen LogP contribution in [0.25, 0.3) is 0 Å². The molecule has 0 spiro atoms. The van der Waals surface area contributed by atoms with Crippen LogP contribution in [0.1, 0.15) is 46.5 Å². The maximum Gasteiger partial charge on any atom is 0.000926 e. The second kappa shape index (κ2) is 6.02. The average molecular weight is 226 g/mol. The third kappa shape index (κ3) is 5.31. The molecule has 2 N–H and O–H groups in total. The average Bonchev–Trinajstić information content (AvgIpc) is 2.89. The van der Waals surface area contributed by atoms with E-state index in [0.717, 1.165) is 18.4 Å². The molecule has 0 radical (unpaired) electrons. The van der Waals surface area contributed by atoms with Crippen LogP contribution in [-0.2, 0) is 0 Å². The first-order valence-corrected chi connectivity index (χ1v) is 6.83. The molecular weight excluding hydrogens is 196 g/mol. The molecule has 96 valence electrons. The third-order valence-corrected chi connectivity index (χ3v) is 4.02. The Balaban J connectivity index is 1.98. The molecule has 0 aromatic carbocycles. The summed E-state index contributed by atoms with van der Waals surface area (Å²) in [5.41, 5.74) is 6.06. The molecular formula is C14H30N2. The molecule has 0 aliphatic heterocycles. The molecule has 16 heavy (non-hydrogen) atoms. The van der Waals surface area contributed by atoms with Gasteiger partial charge in [0.05, 0.1) is 0 Å². The highest BCUT2D eigenvalue weighted by Crippen LogP contribution is 2.37. The summed E-state index contributed by atoms with van der Waals surface area (Å²) in [6.45, 7) is 10.3. The van der Waals surface area contributed by atoms with Gasteiger partial charge < -0.3 is 10.6 Å². The van der Waals surface area contributed by atoms with E-state index in [9.17, 15) is 0 Å². The van der Waals surface area contributed by atoms with Crippen LogP contribution in [0.5, 0.6) is 0 Å². The maximum atomic E-state index is 5.73. The van der Waals surface area contributed by atoms with Crippen LogP contribution in [0.3, 0.4) is 0 Å². The lowest BCUT2D eigenvalue weighted by molar-refractivity contribution is 0.284. The van der Waals surface area contributed by atoms with Gasteiger partial charge in [-0.15, -0.1) is 0 Å². The fourth-order valence-electron chi connectivity index (χ4n) is 2.23. The van der Waals surface area contributed by atoms with E-state index >= 15 is 0 Å².